The van der Waals surface area contributed by atoms with Crippen LogP contribution in [0.1, 0.15) is 141 Å². The summed E-state index contributed by atoms with van der Waals surface area (Å²) in [6.07, 6.45) is 0. The molecule has 99 heavy (non-hydrogen) atoms. The smallest absolute Gasteiger partial charge is 0.338 e. The van der Waals surface area contributed by atoms with E-state index in [9.17, 15) is 58.1 Å². The Kier molecular flexibility index (Phi) is 25.1. The number of hydrogen-bond donors (Lipinski definition) is 4. The molecule has 2 fully saturated rings. The molecule has 24 heteroatoms. The van der Waals surface area contributed by atoms with Gasteiger partial charge in [-0.3, -0.25) is 47.3 Å². The van der Waals surface area contributed by atoms with E-state index in [4.69, 9.17) is 30.3 Å². The molecule has 6 aromatic carbocycles. The number of aryl methyl sites for hydroxylation is 2. The van der Waals surface area contributed by atoms with E-state index >= 15 is 0 Å². The average molecular weight is 1360 g/mol. The fourth-order valence-corrected chi connectivity index (χ4v) is 11.2. The number of benzene rings is 6. The second kappa shape index (κ2) is 33.5. The van der Waals surface area contributed by atoms with Gasteiger partial charge < -0.3 is 44.5 Å². The van der Waals surface area contributed by atoms with Crippen LogP contribution < -0.4 is 5.32 Å². The number of nitrogens with zero attached hydrogens (tertiary/aromatic N) is 7. The van der Waals surface area contributed by atoms with Gasteiger partial charge >= 0.3 is 29.8 Å². The Labute approximate surface area is 575 Å². The summed E-state index contributed by atoms with van der Waals surface area (Å²) in [6.45, 7) is 23.8. The molecule has 2 aliphatic heterocycles. The average Bonchev–Trinajstić information content (AvgIpc) is 1.66. The lowest BCUT2D eigenvalue weighted by atomic mass is 9.98. The molecule has 8 aromatic rings. The number of nitrogens with one attached hydrogen (secondary N) is 1. The molecule has 0 atom stereocenters. The summed E-state index contributed by atoms with van der Waals surface area (Å²) in [5.74, 6) is -4.21. The van der Waals surface area contributed by atoms with Crippen molar-refractivity contribution in [2.45, 2.75) is 80.4 Å². The fraction of sp³-hybridized carbons (Fsp3) is 0.333. The molecule has 0 radical (unpaired) electrons. The van der Waals surface area contributed by atoms with Gasteiger partial charge in [-0.25, -0.2) is 24.4 Å². The molecule has 4 N–H and O–H groups in total. The number of aliphatic imine (C=N–C) groups is 2. The Morgan fingerprint density at radius 1 is 0.535 bits per heavy atom. The second-order valence-corrected chi connectivity index (χ2v) is 25.3. The molecular weight excluding hydrogens is 1270 g/mol. The number of aromatic hydroxyl groups is 2. The number of piperazine rings is 2. The van der Waals surface area contributed by atoms with Crippen molar-refractivity contribution in [3.63, 3.8) is 0 Å². The first kappa shape index (κ1) is 74.1. The number of fused-ring (bicyclic) bond motifs is 2. The van der Waals surface area contributed by atoms with Crippen LogP contribution in [0.2, 0.25) is 0 Å². The summed E-state index contributed by atoms with van der Waals surface area (Å²) in [6, 6.07) is 37.8. The predicted molar refractivity (Wildman–Crippen MR) is 376 cm³/mol. The van der Waals surface area contributed by atoms with E-state index in [-0.39, 0.29) is 58.4 Å². The quantitative estimate of drug-likeness (QED) is 0.0447. The predicted octanol–water partition coefficient (Wildman–Crippen LogP) is 11.2. The van der Waals surface area contributed by atoms with Gasteiger partial charge in [-0.05, 0) is 139 Å². The van der Waals surface area contributed by atoms with Crippen LogP contribution in [0.3, 0.4) is 0 Å². The molecule has 0 spiro atoms. The highest BCUT2D eigenvalue weighted by molar-refractivity contribution is 6.25. The maximum Gasteiger partial charge on any atom is 0.338 e. The number of carbonyl (C=O) groups is 8. The Bertz CT molecular complexity index is 4350. The number of amides is 1. The van der Waals surface area contributed by atoms with E-state index in [0.717, 1.165) is 35.3 Å². The first-order valence-electron chi connectivity index (χ1n) is 32.5. The van der Waals surface area contributed by atoms with Crippen molar-refractivity contribution < 1.29 is 78.4 Å². The molecule has 0 saturated carbocycles. The number of aromatic carboxylic acids is 1. The molecule has 2 aliphatic rings. The van der Waals surface area contributed by atoms with Gasteiger partial charge in [-0.1, -0.05) is 60.7 Å². The van der Waals surface area contributed by atoms with Gasteiger partial charge in [-0.15, -0.1) is 0 Å². The van der Waals surface area contributed by atoms with Crippen molar-refractivity contribution >= 4 is 92.2 Å². The number of rotatable bonds is 14. The third-order valence-electron chi connectivity index (χ3n) is 15.7. The van der Waals surface area contributed by atoms with Gasteiger partial charge in [0.25, 0.3) is 5.91 Å². The summed E-state index contributed by atoms with van der Waals surface area (Å²) in [4.78, 5) is 114. The van der Waals surface area contributed by atoms with Gasteiger partial charge in [0.2, 0.25) is 23.6 Å². The first-order valence-corrected chi connectivity index (χ1v) is 31.8. The third kappa shape index (κ3) is 19.3. The fourth-order valence-electron chi connectivity index (χ4n) is 11.2. The topological polar surface area (TPSA) is 290 Å². The van der Waals surface area contributed by atoms with Gasteiger partial charge in [0, 0.05) is 93.7 Å². The number of alkyl halides is 1. The number of hydrogen-bond acceptors (Lipinski definition) is 19. The Morgan fingerprint density at radius 3 is 1.24 bits per heavy atom. The summed E-state index contributed by atoms with van der Waals surface area (Å²) in [7, 11) is 1.56. The van der Waals surface area contributed by atoms with Crippen molar-refractivity contribution in [2.75, 3.05) is 86.8 Å². The van der Waals surface area contributed by atoms with Crippen LogP contribution in [0.25, 0.3) is 21.8 Å². The maximum absolute atomic E-state index is 13.4. The zero-order chi connectivity index (χ0) is 73.3. The Morgan fingerprint density at radius 2 is 0.899 bits per heavy atom. The number of esters is 4. The molecule has 23 nitrogen and oxygen atoms in total. The molecule has 4 heterocycles. The molecule has 522 valence electrons. The van der Waals surface area contributed by atoms with Crippen molar-refractivity contribution in [3.05, 3.63) is 189 Å². The van der Waals surface area contributed by atoms with Crippen molar-refractivity contribution in [1.29, 1.82) is 0 Å². The summed E-state index contributed by atoms with van der Waals surface area (Å²) >= 11 is 0. The van der Waals surface area contributed by atoms with Crippen molar-refractivity contribution in [3.8, 4) is 11.8 Å². The number of carboxylic acids is 1. The van der Waals surface area contributed by atoms with E-state index in [1.165, 1.54) is 46.3 Å². The van der Waals surface area contributed by atoms with E-state index in [0.29, 0.717) is 116 Å². The van der Waals surface area contributed by atoms with Crippen molar-refractivity contribution in [1.82, 2.24) is 29.2 Å². The Hall–Kier alpha value is -10.7. The van der Waals surface area contributed by atoms with Gasteiger partial charge in [0.05, 0.1) is 97.5 Å². The second-order valence-electron chi connectivity index (χ2n) is 25.3. The van der Waals surface area contributed by atoms with Crippen LogP contribution in [0.5, 0.6) is 11.8 Å². The summed E-state index contributed by atoms with van der Waals surface area (Å²) in [5, 5.41) is 36.3. The van der Waals surface area contributed by atoms with Crippen LogP contribution in [0.4, 0.5) is 15.8 Å². The zero-order valence-electron chi connectivity index (χ0n) is 58.7. The molecule has 0 aliphatic carbocycles. The number of carbonyl (C=O) groups excluding carboxylic acids is 7. The number of methoxy groups -OCH3 is 2. The minimum absolute atomic E-state index is 0.118. The SMILES string of the molecule is CC(C)(C)OC(=O)CN1CCNCC1.COC(=O)c1cc2c(cc1C)c(C(=Nc1ccc(C(=O)N3CCN(CC(=O)OC(C)(C)C)CC3)cc1)c1ccccc1)c(O)n2C(C)=O.COC(=O)c1cc2c(cc1C)c(C(=Nc1ccc(C(=O)O)cc1)c1ccccc1)c(O)n2C(C)=O.[2H]CF. The zero-order valence-corrected chi connectivity index (χ0v) is 57.7. The van der Waals surface area contributed by atoms with E-state index in [2.05, 4.69) is 10.2 Å². The molecule has 1 amide bonds. The van der Waals surface area contributed by atoms with Crippen LogP contribution >= 0.6 is 0 Å². The standard InChI is InChI=1S/C37H40N4O7.C27H22N2O6.C10H20N2O2.CH3F/c1-23-20-29-30(21-28(23)36(46)47-6)41(24(2)42)35(45)32(29)33(25-10-8-7-9-11-25)38-27-14-12-26(13-15-27)34(44)40-18-16-39(17-19-40)22-31(43)48-37(3,4)5;1-15-13-21-22(14-20(15)27(34)35-3)29(16(2)30)25(31)23(21)24(17-7-5-4-6-8-17)28-19-11-9-18(10-12-19)26(32)33;1-10(2,3)14-9(13)8-12-6-4-11-5-7-12;1-2/h7-15,20-21,45H,16-19,22H2,1-6H3;4-14,31H,1-3H3,(H,32,33);11H,4-8H2,1-3H3;1H3/i;;;1D. The van der Waals surface area contributed by atoms with Gasteiger partial charge in [-0.2, -0.15) is 0 Å². The molecule has 2 saturated heterocycles. The van der Waals surface area contributed by atoms with Crippen LogP contribution in [0, 0.1) is 13.8 Å². The minimum Gasteiger partial charge on any atom is -0.494 e. The largest absolute Gasteiger partial charge is 0.494 e. The van der Waals surface area contributed by atoms with Gasteiger partial charge in [0.1, 0.15) is 11.2 Å². The van der Waals surface area contributed by atoms with Crippen LogP contribution in [0.15, 0.2) is 143 Å². The molecule has 10 rings (SSSR count). The number of halogens is 1. The number of carboxylic acid groups (broad SMARTS) is 1. The van der Waals surface area contributed by atoms with Crippen LogP contribution in [-0.2, 0) is 28.5 Å². The van der Waals surface area contributed by atoms with Crippen LogP contribution in [-0.4, -0.2) is 196 Å². The minimum atomic E-state index is -1.05. The van der Waals surface area contributed by atoms with E-state index < -0.39 is 42.5 Å². The normalized spacial score (nSPS) is 13.9. The summed E-state index contributed by atoms with van der Waals surface area (Å²) < 4.78 is 38.2. The molecule has 2 aromatic heterocycles. The highest BCUT2D eigenvalue weighted by Crippen LogP contribution is 2.39. The van der Waals surface area contributed by atoms with Gasteiger partial charge in [0.15, 0.2) is 0 Å². The highest BCUT2D eigenvalue weighted by Gasteiger charge is 2.30. The van der Waals surface area contributed by atoms with Crippen molar-refractivity contribution in [2.24, 2.45) is 9.98 Å². The third-order valence-corrected chi connectivity index (χ3v) is 15.7. The maximum atomic E-state index is 13.4. The van der Waals surface area contributed by atoms with E-state index in [1.807, 2.05) is 107 Å². The molecule has 0 unspecified atom stereocenters. The lowest BCUT2D eigenvalue weighted by Gasteiger charge is -2.34. The Balaban J connectivity index is 0.000000234. The lowest BCUT2D eigenvalue weighted by molar-refractivity contribution is -0.157. The summed E-state index contributed by atoms with van der Waals surface area (Å²) in [5.41, 5.74) is 5.90. The van der Waals surface area contributed by atoms with E-state index in [1.54, 1.807) is 73.3 Å². The number of aromatic nitrogens is 2. The first-order chi connectivity index (χ1) is 47.4. The highest BCUT2D eigenvalue weighted by atomic mass is 19.1. The molecular formula is C75H85FN8O15. The lowest BCUT2D eigenvalue weighted by Crippen LogP contribution is -2.50. The number of ether oxygens (including phenoxy) is 4. The monoisotopic (exact) mass is 1360 g/mol. The molecule has 0 bridgehead atoms.